The van der Waals surface area contributed by atoms with E-state index in [0.717, 1.165) is 4.47 Å². The van der Waals surface area contributed by atoms with Gasteiger partial charge in [0.05, 0.1) is 5.56 Å². The zero-order valence-corrected chi connectivity index (χ0v) is 13.8. The average Bonchev–Trinajstić information content (AvgIpc) is 3.32. The first-order valence-electron chi connectivity index (χ1n) is 7.32. The Bertz CT molecular complexity index is 669. The van der Waals surface area contributed by atoms with Gasteiger partial charge in [-0.3, -0.25) is 4.79 Å². The van der Waals surface area contributed by atoms with Crippen LogP contribution in [0.3, 0.4) is 0 Å². The Morgan fingerprint density at radius 3 is 2.82 bits per heavy atom. The highest BCUT2D eigenvalue weighted by Crippen LogP contribution is 2.32. The second-order valence-corrected chi connectivity index (χ2v) is 6.46. The first-order valence-corrected chi connectivity index (χ1v) is 8.11. The lowest BCUT2D eigenvalue weighted by atomic mass is 10.2. The SMILES string of the molecule is CC(NC(=O)c1ccc(Oc2cccc(Br)c2)nc1)C1CC1. The molecule has 1 saturated carbocycles. The van der Waals surface area contributed by atoms with E-state index in [1.807, 2.05) is 31.2 Å². The van der Waals surface area contributed by atoms with Crippen LogP contribution in [0.15, 0.2) is 47.1 Å². The van der Waals surface area contributed by atoms with Gasteiger partial charge in [-0.05, 0) is 49.9 Å². The predicted octanol–water partition coefficient (Wildman–Crippen LogP) is 4.16. The first-order chi connectivity index (χ1) is 10.6. The summed E-state index contributed by atoms with van der Waals surface area (Å²) in [6, 6.07) is 11.2. The first kappa shape index (κ1) is 15.0. The van der Waals surface area contributed by atoms with Gasteiger partial charge in [-0.25, -0.2) is 4.98 Å². The third kappa shape index (κ3) is 3.85. The molecule has 1 fully saturated rings. The smallest absolute Gasteiger partial charge is 0.253 e. The molecule has 1 aromatic heterocycles. The van der Waals surface area contributed by atoms with Crippen LogP contribution in [-0.4, -0.2) is 16.9 Å². The number of carbonyl (C=O) groups is 1. The number of benzene rings is 1. The molecule has 0 bridgehead atoms. The minimum Gasteiger partial charge on any atom is -0.439 e. The fourth-order valence-electron chi connectivity index (χ4n) is 2.23. The molecule has 4 nitrogen and oxygen atoms in total. The van der Waals surface area contributed by atoms with Gasteiger partial charge in [-0.15, -0.1) is 0 Å². The molecule has 1 N–H and O–H groups in total. The Labute approximate surface area is 138 Å². The zero-order valence-electron chi connectivity index (χ0n) is 12.3. The minimum absolute atomic E-state index is 0.0825. The lowest BCUT2D eigenvalue weighted by Crippen LogP contribution is -2.34. The van der Waals surface area contributed by atoms with Gasteiger partial charge >= 0.3 is 0 Å². The summed E-state index contributed by atoms with van der Waals surface area (Å²) >= 11 is 3.39. The molecule has 0 saturated heterocycles. The molecule has 2 aromatic rings. The maximum atomic E-state index is 12.1. The number of rotatable bonds is 5. The van der Waals surface area contributed by atoms with Gasteiger partial charge in [-0.1, -0.05) is 22.0 Å². The van der Waals surface area contributed by atoms with Crippen molar-refractivity contribution in [3.63, 3.8) is 0 Å². The van der Waals surface area contributed by atoms with E-state index in [-0.39, 0.29) is 11.9 Å². The highest BCUT2D eigenvalue weighted by molar-refractivity contribution is 9.10. The quantitative estimate of drug-likeness (QED) is 0.870. The van der Waals surface area contributed by atoms with E-state index in [1.54, 1.807) is 18.3 Å². The Morgan fingerprint density at radius 1 is 1.36 bits per heavy atom. The minimum atomic E-state index is -0.0825. The Balaban J connectivity index is 1.63. The van der Waals surface area contributed by atoms with Crippen molar-refractivity contribution >= 4 is 21.8 Å². The van der Waals surface area contributed by atoms with Crippen molar-refractivity contribution in [2.24, 2.45) is 5.92 Å². The van der Waals surface area contributed by atoms with E-state index in [2.05, 4.69) is 26.2 Å². The van der Waals surface area contributed by atoms with Gasteiger partial charge in [0.25, 0.3) is 5.91 Å². The summed E-state index contributed by atoms with van der Waals surface area (Å²) in [6.07, 6.45) is 3.96. The van der Waals surface area contributed by atoms with Crippen LogP contribution >= 0.6 is 15.9 Å². The average molecular weight is 361 g/mol. The molecular weight excluding hydrogens is 344 g/mol. The number of amides is 1. The molecule has 1 aliphatic carbocycles. The molecule has 0 spiro atoms. The molecule has 1 aromatic carbocycles. The van der Waals surface area contributed by atoms with Crippen LogP contribution in [0.2, 0.25) is 0 Å². The molecule has 114 valence electrons. The van der Waals surface area contributed by atoms with Crippen molar-refractivity contribution in [3.8, 4) is 11.6 Å². The third-order valence-corrected chi connectivity index (χ3v) is 4.20. The summed E-state index contributed by atoms with van der Waals surface area (Å²) in [5.74, 6) is 1.71. The number of carbonyl (C=O) groups excluding carboxylic acids is 1. The molecule has 3 rings (SSSR count). The van der Waals surface area contributed by atoms with E-state index < -0.39 is 0 Å². The van der Waals surface area contributed by atoms with E-state index in [0.29, 0.717) is 23.1 Å². The van der Waals surface area contributed by atoms with Crippen molar-refractivity contribution in [2.75, 3.05) is 0 Å². The Morgan fingerprint density at radius 2 is 2.18 bits per heavy atom. The molecule has 0 radical (unpaired) electrons. The fourth-order valence-corrected chi connectivity index (χ4v) is 2.61. The van der Waals surface area contributed by atoms with Crippen LogP contribution in [0.25, 0.3) is 0 Å². The number of nitrogens with zero attached hydrogens (tertiary/aromatic N) is 1. The lowest BCUT2D eigenvalue weighted by Gasteiger charge is -2.12. The van der Waals surface area contributed by atoms with Crippen LogP contribution in [0.4, 0.5) is 0 Å². The molecule has 1 amide bonds. The summed E-state index contributed by atoms with van der Waals surface area (Å²) in [4.78, 5) is 16.3. The third-order valence-electron chi connectivity index (χ3n) is 3.70. The zero-order chi connectivity index (χ0) is 15.5. The molecule has 5 heteroatoms. The van der Waals surface area contributed by atoms with Crippen molar-refractivity contribution in [1.29, 1.82) is 0 Å². The van der Waals surface area contributed by atoms with Gasteiger partial charge in [-0.2, -0.15) is 0 Å². The van der Waals surface area contributed by atoms with Crippen molar-refractivity contribution < 1.29 is 9.53 Å². The standard InChI is InChI=1S/C17H17BrN2O2/c1-11(12-5-6-12)20-17(21)13-7-8-16(19-10-13)22-15-4-2-3-14(18)9-15/h2-4,7-12H,5-6H2,1H3,(H,20,21). The number of ether oxygens (including phenoxy) is 1. The molecule has 1 aliphatic rings. The van der Waals surface area contributed by atoms with E-state index in [4.69, 9.17) is 4.74 Å². The highest BCUT2D eigenvalue weighted by Gasteiger charge is 2.29. The molecule has 1 unspecified atom stereocenters. The summed E-state index contributed by atoms with van der Waals surface area (Å²) in [5.41, 5.74) is 0.550. The van der Waals surface area contributed by atoms with Crippen LogP contribution in [0, 0.1) is 5.92 Å². The van der Waals surface area contributed by atoms with E-state index >= 15 is 0 Å². The second-order valence-electron chi connectivity index (χ2n) is 5.54. The number of aromatic nitrogens is 1. The van der Waals surface area contributed by atoms with Gasteiger partial charge in [0.15, 0.2) is 0 Å². The van der Waals surface area contributed by atoms with Gasteiger partial charge in [0, 0.05) is 22.8 Å². The summed E-state index contributed by atoms with van der Waals surface area (Å²) < 4.78 is 6.59. The summed E-state index contributed by atoms with van der Waals surface area (Å²) in [5, 5.41) is 3.01. The number of nitrogens with one attached hydrogen (secondary N) is 1. The molecule has 1 atom stereocenters. The Hall–Kier alpha value is -1.88. The van der Waals surface area contributed by atoms with Crippen molar-refractivity contribution in [2.45, 2.75) is 25.8 Å². The van der Waals surface area contributed by atoms with Gasteiger partial charge < -0.3 is 10.1 Å². The maximum Gasteiger partial charge on any atom is 0.253 e. The van der Waals surface area contributed by atoms with Crippen LogP contribution in [0.5, 0.6) is 11.6 Å². The molecule has 22 heavy (non-hydrogen) atoms. The summed E-state index contributed by atoms with van der Waals surface area (Å²) in [6.45, 7) is 2.05. The van der Waals surface area contributed by atoms with E-state index in [1.165, 1.54) is 12.8 Å². The number of pyridine rings is 1. The second kappa shape index (κ2) is 6.48. The summed E-state index contributed by atoms with van der Waals surface area (Å²) in [7, 11) is 0. The Kier molecular flexibility index (Phi) is 4.43. The van der Waals surface area contributed by atoms with Crippen LogP contribution in [0.1, 0.15) is 30.1 Å². The topological polar surface area (TPSA) is 51.2 Å². The van der Waals surface area contributed by atoms with Crippen LogP contribution < -0.4 is 10.1 Å². The number of hydrogen-bond donors (Lipinski definition) is 1. The monoisotopic (exact) mass is 360 g/mol. The normalized spacial score (nSPS) is 15.2. The lowest BCUT2D eigenvalue weighted by molar-refractivity contribution is 0.0935. The predicted molar refractivity (Wildman–Crippen MR) is 88.1 cm³/mol. The van der Waals surface area contributed by atoms with Crippen LogP contribution in [-0.2, 0) is 0 Å². The number of hydrogen-bond acceptors (Lipinski definition) is 3. The highest BCUT2D eigenvalue weighted by atomic mass is 79.9. The molecule has 1 heterocycles. The van der Waals surface area contributed by atoms with E-state index in [9.17, 15) is 4.79 Å². The van der Waals surface area contributed by atoms with Gasteiger partial charge in [0.2, 0.25) is 5.88 Å². The largest absolute Gasteiger partial charge is 0.439 e. The molecular formula is C17H17BrN2O2. The molecule has 0 aliphatic heterocycles. The number of halogens is 1. The van der Waals surface area contributed by atoms with Crippen molar-refractivity contribution in [1.82, 2.24) is 10.3 Å². The maximum absolute atomic E-state index is 12.1. The fraction of sp³-hybridized carbons (Fsp3) is 0.294. The van der Waals surface area contributed by atoms with Gasteiger partial charge in [0.1, 0.15) is 5.75 Å². The van der Waals surface area contributed by atoms with Crippen molar-refractivity contribution in [3.05, 3.63) is 52.6 Å².